The van der Waals surface area contributed by atoms with Crippen molar-refractivity contribution in [2.45, 2.75) is 20.3 Å². The molecule has 2 aliphatic heterocycles. The predicted molar refractivity (Wildman–Crippen MR) is 40.7 cm³/mol. The molecule has 1 saturated carbocycles. The molecule has 1 heteroatoms. The minimum Gasteiger partial charge on any atom is -0.381 e. The van der Waals surface area contributed by atoms with Crippen molar-refractivity contribution in [1.29, 1.82) is 0 Å². The monoisotopic (exact) mass is 140 g/mol. The molecule has 0 N–H and O–H groups in total. The molecule has 2 heterocycles. The zero-order valence-electron chi connectivity index (χ0n) is 6.84. The van der Waals surface area contributed by atoms with Crippen molar-refractivity contribution in [3.63, 3.8) is 0 Å². The van der Waals surface area contributed by atoms with Gasteiger partial charge in [0.25, 0.3) is 0 Å². The molecule has 10 heavy (non-hydrogen) atoms. The van der Waals surface area contributed by atoms with Crippen molar-refractivity contribution in [3.05, 3.63) is 0 Å². The Bertz CT molecular complexity index is 117. The molecule has 3 rings (SSSR count). The first-order valence-electron chi connectivity index (χ1n) is 4.37. The second kappa shape index (κ2) is 2.23. The molecular weight excluding hydrogens is 124 g/mol. The molecule has 2 saturated heterocycles. The lowest BCUT2D eigenvalue weighted by Gasteiger charge is -2.51. The summed E-state index contributed by atoms with van der Waals surface area (Å²) in [5.74, 6) is 3.71. The topological polar surface area (TPSA) is 9.23 Å². The standard InChI is InChI=1S/C9H16O/c1-6(2)9-7-3-8(9)5-10-4-7/h6-9H,3-5H2,1-2H3. The molecule has 0 aromatic carbocycles. The molecule has 0 aromatic rings. The Labute approximate surface area is 62.8 Å². The second-order valence-electron chi connectivity index (χ2n) is 4.11. The quantitative estimate of drug-likeness (QED) is 0.540. The maximum absolute atomic E-state index is 5.41. The van der Waals surface area contributed by atoms with Crippen LogP contribution in [-0.4, -0.2) is 13.2 Å². The van der Waals surface area contributed by atoms with Crippen LogP contribution in [0.4, 0.5) is 0 Å². The van der Waals surface area contributed by atoms with E-state index in [0.29, 0.717) is 0 Å². The third-order valence-corrected chi connectivity index (χ3v) is 3.13. The SMILES string of the molecule is CC(C)C1C2COCC1C2. The zero-order chi connectivity index (χ0) is 7.14. The van der Waals surface area contributed by atoms with E-state index in [-0.39, 0.29) is 0 Å². The van der Waals surface area contributed by atoms with E-state index in [1.807, 2.05) is 0 Å². The maximum Gasteiger partial charge on any atom is 0.0497 e. The van der Waals surface area contributed by atoms with Crippen LogP contribution in [0.1, 0.15) is 20.3 Å². The first kappa shape index (κ1) is 6.66. The molecular formula is C9H16O. The van der Waals surface area contributed by atoms with Crippen molar-refractivity contribution in [3.8, 4) is 0 Å². The molecule has 58 valence electrons. The number of fused-ring (bicyclic) bond motifs is 2. The number of ether oxygens (including phenoxy) is 1. The van der Waals surface area contributed by atoms with E-state index in [4.69, 9.17) is 4.74 Å². The Morgan fingerprint density at radius 2 is 1.80 bits per heavy atom. The normalized spacial score (nSPS) is 45.3. The Kier molecular flexibility index (Phi) is 1.48. The summed E-state index contributed by atoms with van der Waals surface area (Å²) in [4.78, 5) is 0. The maximum atomic E-state index is 5.41. The van der Waals surface area contributed by atoms with E-state index in [9.17, 15) is 0 Å². The fourth-order valence-corrected chi connectivity index (χ4v) is 2.71. The van der Waals surface area contributed by atoms with Crippen LogP contribution in [0.25, 0.3) is 0 Å². The lowest BCUT2D eigenvalue weighted by molar-refractivity contribution is -0.129. The van der Waals surface area contributed by atoms with Crippen molar-refractivity contribution in [1.82, 2.24) is 0 Å². The molecule has 0 amide bonds. The summed E-state index contributed by atoms with van der Waals surface area (Å²) in [6.45, 7) is 6.77. The van der Waals surface area contributed by atoms with Crippen LogP contribution in [0.15, 0.2) is 0 Å². The van der Waals surface area contributed by atoms with E-state index in [1.165, 1.54) is 6.42 Å². The van der Waals surface area contributed by atoms with Gasteiger partial charge in [-0.2, -0.15) is 0 Å². The fraction of sp³-hybridized carbons (Fsp3) is 1.00. The fourth-order valence-electron chi connectivity index (χ4n) is 2.71. The highest BCUT2D eigenvalue weighted by atomic mass is 16.5. The van der Waals surface area contributed by atoms with Crippen LogP contribution in [0.5, 0.6) is 0 Å². The zero-order valence-corrected chi connectivity index (χ0v) is 6.84. The Balaban J connectivity index is 1.99. The lowest BCUT2D eigenvalue weighted by Crippen LogP contribution is -2.49. The molecule has 2 atom stereocenters. The average molecular weight is 140 g/mol. The summed E-state index contributed by atoms with van der Waals surface area (Å²) >= 11 is 0. The van der Waals surface area contributed by atoms with Crippen molar-refractivity contribution in [2.24, 2.45) is 23.7 Å². The van der Waals surface area contributed by atoms with Crippen LogP contribution in [0.2, 0.25) is 0 Å². The van der Waals surface area contributed by atoms with Crippen molar-refractivity contribution < 1.29 is 4.74 Å². The second-order valence-corrected chi connectivity index (χ2v) is 4.11. The van der Waals surface area contributed by atoms with Gasteiger partial charge in [-0.25, -0.2) is 0 Å². The van der Waals surface area contributed by atoms with Gasteiger partial charge in [-0.15, -0.1) is 0 Å². The van der Waals surface area contributed by atoms with E-state index in [2.05, 4.69) is 13.8 Å². The summed E-state index contributed by atoms with van der Waals surface area (Å²) in [7, 11) is 0. The van der Waals surface area contributed by atoms with Crippen molar-refractivity contribution >= 4 is 0 Å². The van der Waals surface area contributed by atoms with Gasteiger partial charge >= 0.3 is 0 Å². The lowest BCUT2D eigenvalue weighted by atomic mass is 9.59. The summed E-state index contributed by atoms with van der Waals surface area (Å²) in [5.41, 5.74) is 0. The first-order chi connectivity index (χ1) is 4.79. The number of rotatable bonds is 1. The van der Waals surface area contributed by atoms with E-state index in [1.54, 1.807) is 0 Å². The number of hydrogen-bond donors (Lipinski definition) is 0. The molecule has 0 aromatic heterocycles. The van der Waals surface area contributed by atoms with E-state index < -0.39 is 0 Å². The molecule has 3 aliphatic rings. The van der Waals surface area contributed by atoms with Gasteiger partial charge in [0.1, 0.15) is 0 Å². The van der Waals surface area contributed by atoms with Gasteiger partial charge in [-0.05, 0) is 30.1 Å². The molecule has 2 bridgehead atoms. The van der Waals surface area contributed by atoms with Crippen LogP contribution in [0, 0.1) is 23.7 Å². The minimum atomic E-state index is 0.882. The highest BCUT2D eigenvalue weighted by Gasteiger charge is 2.45. The third-order valence-electron chi connectivity index (χ3n) is 3.13. The molecule has 1 aliphatic carbocycles. The summed E-state index contributed by atoms with van der Waals surface area (Å²) in [6, 6.07) is 0. The van der Waals surface area contributed by atoms with E-state index in [0.717, 1.165) is 36.9 Å². The largest absolute Gasteiger partial charge is 0.381 e. The first-order valence-corrected chi connectivity index (χ1v) is 4.37. The smallest absolute Gasteiger partial charge is 0.0497 e. The Morgan fingerprint density at radius 3 is 2.10 bits per heavy atom. The van der Waals surface area contributed by atoms with Gasteiger partial charge < -0.3 is 4.74 Å². The van der Waals surface area contributed by atoms with Gasteiger partial charge in [0.05, 0.1) is 0 Å². The molecule has 2 unspecified atom stereocenters. The van der Waals surface area contributed by atoms with Gasteiger partial charge in [0, 0.05) is 13.2 Å². The highest BCUT2D eigenvalue weighted by Crippen LogP contribution is 2.48. The van der Waals surface area contributed by atoms with Crippen LogP contribution >= 0.6 is 0 Å². The average Bonchev–Trinajstić information content (AvgIpc) is 1.87. The van der Waals surface area contributed by atoms with Crippen LogP contribution in [0.3, 0.4) is 0 Å². The van der Waals surface area contributed by atoms with Gasteiger partial charge in [0.2, 0.25) is 0 Å². The van der Waals surface area contributed by atoms with Gasteiger partial charge in [0.15, 0.2) is 0 Å². The van der Waals surface area contributed by atoms with Crippen molar-refractivity contribution in [2.75, 3.05) is 13.2 Å². The van der Waals surface area contributed by atoms with E-state index >= 15 is 0 Å². The van der Waals surface area contributed by atoms with Crippen LogP contribution in [-0.2, 0) is 4.74 Å². The minimum absolute atomic E-state index is 0.882. The molecule has 0 spiro atoms. The molecule has 1 nitrogen and oxygen atoms in total. The van der Waals surface area contributed by atoms with Gasteiger partial charge in [-0.3, -0.25) is 0 Å². The van der Waals surface area contributed by atoms with Crippen LogP contribution < -0.4 is 0 Å². The molecule has 0 radical (unpaired) electrons. The van der Waals surface area contributed by atoms with Gasteiger partial charge in [-0.1, -0.05) is 13.8 Å². The summed E-state index contributed by atoms with van der Waals surface area (Å²) < 4.78 is 5.41. The summed E-state index contributed by atoms with van der Waals surface area (Å²) in [6.07, 6.45) is 1.45. The highest BCUT2D eigenvalue weighted by molar-refractivity contribution is 4.93. The molecule has 3 fully saturated rings. The third kappa shape index (κ3) is 0.800. The Morgan fingerprint density at radius 1 is 1.20 bits per heavy atom. The predicted octanol–water partition coefficient (Wildman–Crippen LogP) is 1.92. The number of hydrogen-bond acceptors (Lipinski definition) is 1. The summed E-state index contributed by atoms with van der Waals surface area (Å²) in [5, 5.41) is 0. The Hall–Kier alpha value is -0.0400.